The van der Waals surface area contributed by atoms with Crippen LogP contribution in [0.15, 0.2) is 48.5 Å². The first-order valence-electron chi connectivity index (χ1n) is 12.4. The zero-order valence-corrected chi connectivity index (χ0v) is 19.8. The van der Waals surface area contributed by atoms with Crippen molar-refractivity contribution in [2.24, 2.45) is 17.3 Å². The van der Waals surface area contributed by atoms with Crippen LogP contribution in [-0.4, -0.2) is 29.4 Å². The van der Waals surface area contributed by atoms with Crippen molar-refractivity contribution in [3.05, 3.63) is 65.2 Å². The van der Waals surface area contributed by atoms with Gasteiger partial charge >= 0.3 is 6.18 Å². The third-order valence-corrected chi connectivity index (χ3v) is 8.38. The molecule has 5 rings (SSSR count). The van der Waals surface area contributed by atoms with Crippen molar-refractivity contribution in [3.8, 4) is 5.75 Å². The second kappa shape index (κ2) is 8.99. The van der Waals surface area contributed by atoms with Crippen LogP contribution in [0, 0.1) is 17.3 Å². The molecule has 1 heterocycles. The Balaban J connectivity index is 1.31. The monoisotopic (exact) mass is 485 g/mol. The second-order valence-electron chi connectivity index (χ2n) is 10.4. The van der Waals surface area contributed by atoms with Gasteiger partial charge in [-0.25, -0.2) is 0 Å². The number of nitrogens with zero attached hydrogens (tertiary/aromatic N) is 1. The summed E-state index contributed by atoms with van der Waals surface area (Å²) in [4.78, 5) is 26.9. The number of fused-ring (bicyclic) bond motifs is 5. The number of amides is 2. The first kappa shape index (κ1) is 23.9. The van der Waals surface area contributed by atoms with Crippen LogP contribution in [-0.2, 0) is 22.6 Å². The summed E-state index contributed by atoms with van der Waals surface area (Å²) < 4.78 is 44.3. The van der Waals surface area contributed by atoms with Crippen LogP contribution in [0.2, 0.25) is 0 Å². The highest BCUT2D eigenvalue weighted by Crippen LogP contribution is 2.58. The third-order valence-electron chi connectivity index (χ3n) is 8.38. The lowest BCUT2D eigenvalue weighted by Gasteiger charge is -2.54. The normalized spacial score (nSPS) is 28.2. The first-order valence-corrected chi connectivity index (χ1v) is 12.4. The molecular weight excluding hydrogens is 455 g/mol. The number of alkyl halides is 3. The summed E-state index contributed by atoms with van der Waals surface area (Å²) >= 11 is 0. The van der Waals surface area contributed by atoms with Crippen molar-refractivity contribution < 1.29 is 27.5 Å². The molecule has 1 saturated heterocycles. The minimum atomic E-state index is -4.40. The van der Waals surface area contributed by atoms with E-state index in [4.69, 9.17) is 4.74 Å². The Morgan fingerprint density at radius 1 is 1.09 bits per heavy atom. The van der Waals surface area contributed by atoms with Gasteiger partial charge in [-0.3, -0.25) is 14.5 Å². The molecule has 3 aliphatic rings. The molecule has 2 aromatic carbocycles. The number of piperidine rings is 1. The fraction of sp³-hybridized carbons (Fsp3) is 0.500. The summed E-state index contributed by atoms with van der Waals surface area (Å²) in [6, 6.07) is 16.2. The number of halogens is 3. The van der Waals surface area contributed by atoms with Gasteiger partial charge in [-0.2, -0.15) is 13.2 Å². The van der Waals surface area contributed by atoms with Gasteiger partial charge in [-0.15, -0.1) is 0 Å². The van der Waals surface area contributed by atoms with E-state index in [0.29, 0.717) is 13.0 Å². The summed E-state index contributed by atoms with van der Waals surface area (Å²) in [5.74, 6) is 0.243. The summed E-state index contributed by atoms with van der Waals surface area (Å²) in [6.07, 6.45) is -2.32. The van der Waals surface area contributed by atoms with Crippen LogP contribution in [0.4, 0.5) is 13.2 Å². The van der Waals surface area contributed by atoms with Gasteiger partial charge in [0.15, 0.2) is 0 Å². The number of hydrogen-bond acceptors (Lipinski definition) is 3. The first-order chi connectivity index (χ1) is 16.7. The van der Waals surface area contributed by atoms with E-state index in [1.807, 2.05) is 43.3 Å². The number of likely N-dealkylation sites (tertiary alicyclic amines) is 1. The number of rotatable bonds is 5. The third kappa shape index (κ3) is 4.57. The van der Waals surface area contributed by atoms with E-state index in [1.54, 1.807) is 0 Å². The van der Waals surface area contributed by atoms with E-state index in [0.717, 1.165) is 35.5 Å². The number of benzene rings is 2. The predicted octanol–water partition coefficient (Wildman–Crippen LogP) is 6.04. The van der Waals surface area contributed by atoms with Crippen molar-refractivity contribution in [1.29, 1.82) is 0 Å². The average molecular weight is 486 g/mol. The number of aryl methyl sites for hydroxylation is 1. The van der Waals surface area contributed by atoms with E-state index in [1.165, 1.54) is 11.1 Å². The smallest absolute Gasteiger partial charge is 0.390 e. The quantitative estimate of drug-likeness (QED) is 0.485. The summed E-state index contributed by atoms with van der Waals surface area (Å²) in [7, 11) is 0. The van der Waals surface area contributed by atoms with E-state index in [2.05, 4.69) is 12.1 Å². The number of ether oxygens (including phenoxy) is 1. The van der Waals surface area contributed by atoms with Gasteiger partial charge in [0.25, 0.3) is 0 Å². The largest absolute Gasteiger partial charge is 0.489 e. The minimum absolute atomic E-state index is 0.134. The Kier molecular flexibility index (Phi) is 6.14. The summed E-state index contributed by atoms with van der Waals surface area (Å²) in [6.45, 7) is 1.78. The zero-order valence-electron chi connectivity index (χ0n) is 19.8. The van der Waals surface area contributed by atoms with Crippen molar-refractivity contribution in [1.82, 2.24) is 4.90 Å². The van der Waals surface area contributed by atoms with Crippen LogP contribution >= 0.6 is 0 Å². The maximum Gasteiger partial charge on any atom is 0.390 e. The molecule has 186 valence electrons. The molecular formula is C28H30F3NO3. The van der Waals surface area contributed by atoms with Crippen LogP contribution < -0.4 is 4.74 Å². The fourth-order valence-corrected chi connectivity index (χ4v) is 6.54. The number of carbonyl (C=O) groups excluding carboxylic acids is 2. The molecule has 1 saturated carbocycles. The average Bonchev–Trinajstić information content (AvgIpc) is 2.83. The lowest BCUT2D eigenvalue weighted by molar-refractivity contribution is -0.172. The Bertz CT molecular complexity index is 1120. The number of hydrogen-bond donors (Lipinski definition) is 0. The van der Waals surface area contributed by atoms with Crippen LogP contribution in [0.3, 0.4) is 0 Å². The van der Waals surface area contributed by atoms with Gasteiger partial charge < -0.3 is 4.74 Å². The molecule has 2 amide bonds. The highest BCUT2D eigenvalue weighted by atomic mass is 19.4. The van der Waals surface area contributed by atoms with Gasteiger partial charge in [0, 0.05) is 13.0 Å². The van der Waals surface area contributed by atoms with Crippen LogP contribution in [0.5, 0.6) is 5.75 Å². The molecule has 0 aromatic heterocycles. The van der Waals surface area contributed by atoms with Crippen LogP contribution in [0.1, 0.15) is 61.6 Å². The second-order valence-corrected chi connectivity index (χ2v) is 10.4. The van der Waals surface area contributed by atoms with Gasteiger partial charge in [-0.05, 0) is 72.3 Å². The summed E-state index contributed by atoms with van der Waals surface area (Å²) in [5.41, 5.74) is 2.83. The van der Waals surface area contributed by atoms with Crippen molar-refractivity contribution >= 4 is 11.8 Å². The molecule has 7 heteroatoms. The molecule has 2 aromatic rings. The van der Waals surface area contributed by atoms with Gasteiger partial charge in [0.05, 0.1) is 11.8 Å². The molecule has 3 unspecified atom stereocenters. The van der Waals surface area contributed by atoms with Crippen molar-refractivity contribution in [2.45, 2.75) is 64.1 Å². The number of carbonyl (C=O) groups is 2. The molecule has 0 spiro atoms. The zero-order chi connectivity index (χ0) is 24.8. The van der Waals surface area contributed by atoms with E-state index < -0.39 is 36.4 Å². The minimum Gasteiger partial charge on any atom is -0.489 e. The molecule has 0 radical (unpaired) electrons. The topological polar surface area (TPSA) is 46.6 Å². The van der Waals surface area contributed by atoms with Gasteiger partial charge in [-0.1, -0.05) is 43.3 Å². The molecule has 0 N–H and O–H groups in total. The SMILES string of the molecule is C[C@]12CCC3c4ccc(OCc5ccccc5)cc4CCC3C1CC(=O)N(CCC(F)(F)F)C2=O. The maximum absolute atomic E-state index is 13.3. The van der Waals surface area contributed by atoms with Gasteiger partial charge in [0.1, 0.15) is 12.4 Å². The molecule has 35 heavy (non-hydrogen) atoms. The van der Waals surface area contributed by atoms with Crippen molar-refractivity contribution in [3.63, 3.8) is 0 Å². The maximum atomic E-state index is 13.3. The Morgan fingerprint density at radius 3 is 2.60 bits per heavy atom. The highest BCUT2D eigenvalue weighted by Gasteiger charge is 2.57. The van der Waals surface area contributed by atoms with Gasteiger partial charge in [0.2, 0.25) is 11.8 Å². The van der Waals surface area contributed by atoms with Crippen molar-refractivity contribution in [2.75, 3.05) is 6.54 Å². The highest BCUT2D eigenvalue weighted by molar-refractivity contribution is 6.01. The molecule has 2 aliphatic carbocycles. The predicted molar refractivity (Wildman–Crippen MR) is 125 cm³/mol. The fourth-order valence-electron chi connectivity index (χ4n) is 6.54. The molecule has 1 aliphatic heterocycles. The summed E-state index contributed by atoms with van der Waals surface area (Å²) in [5, 5.41) is 0. The Hall–Kier alpha value is -2.83. The molecule has 4 atom stereocenters. The Labute approximate surface area is 203 Å². The molecule has 4 nitrogen and oxygen atoms in total. The lowest BCUT2D eigenvalue weighted by Crippen LogP contribution is -2.59. The Morgan fingerprint density at radius 2 is 1.86 bits per heavy atom. The number of imide groups is 1. The van der Waals surface area contributed by atoms with Crippen LogP contribution in [0.25, 0.3) is 0 Å². The lowest BCUT2D eigenvalue weighted by atomic mass is 9.52. The van der Waals surface area contributed by atoms with E-state index >= 15 is 0 Å². The molecule has 2 fully saturated rings. The van der Waals surface area contributed by atoms with E-state index in [9.17, 15) is 22.8 Å². The molecule has 0 bridgehead atoms. The standard InChI is InChI=1S/C28H30F3NO3/c1-27-12-11-22-21-10-8-20(35-17-18-5-3-2-4-6-18)15-19(21)7-9-23(22)24(27)16-25(33)32(26(27)34)14-13-28(29,30)31/h2-6,8,10,15,22-24H,7,9,11-14,16-17H2,1H3/t22?,23?,24?,27-/m0/s1. The van der Waals surface area contributed by atoms with E-state index in [-0.39, 0.29) is 24.2 Å².